The molecule has 1 saturated heterocycles. The van der Waals surface area contributed by atoms with E-state index in [9.17, 15) is 9.59 Å². The van der Waals surface area contributed by atoms with Gasteiger partial charge in [0.1, 0.15) is 10.1 Å². The molecule has 148 valence electrons. The van der Waals surface area contributed by atoms with E-state index in [0.717, 1.165) is 36.1 Å². The lowest BCUT2D eigenvalue weighted by atomic mass is 9.83. The second-order valence-electron chi connectivity index (χ2n) is 7.44. The zero-order valence-corrected chi connectivity index (χ0v) is 17.4. The number of carbonyl (C=O) groups is 1. The third kappa shape index (κ3) is 3.86. The first-order chi connectivity index (χ1) is 13.4. The van der Waals surface area contributed by atoms with Crippen LogP contribution in [0.1, 0.15) is 30.7 Å². The van der Waals surface area contributed by atoms with Crippen LogP contribution < -0.4 is 10.9 Å². The molecule has 0 radical (unpaired) electrons. The predicted octanol–water partition coefficient (Wildman–Crippen LogP) is 2.61. The summed E-state index contributed by atoms with van der Waals surface area (Å²) in [4.78, 5) is 26.7. The second-order valence-corrected chi connectivity index (χ2v) is 9.42. The van der Waals surface area contributed by atoms with Crippen molar-refractivity contribution >= 4 is 40.0 Å². The molecule has 28 heavy (non-hydrogen) atoms. The molecular formula is C19H22N4O3S2. The second kappa shape index (κ2) is 7.71. The van der Waals surface area contributed by atoms with E-state index in [0.29, 0.717) is 23.4 Å². The van der Waals surface area contributed by atoms with Crippen LogP contribution in [0.4, 0.5) is 5.82 Å². The zero-order chi connectivity index (χ0) is 19.8. The van der Waals surface area contributed by atoms with Gasteiger partial charge in [0.25, 0.3) is 5.56 Å². The van der Waals surface area contributed by atoms with Crippen molar-refractivity contribution in [2.75, 3.05) is 18.4 Å². The molecule has 1 N–H and O–H groups in total. The van der Waals surface area contributed by atoms with Crippen molar-refractivity contribution in [1.29, 1.82) is 0 Å². The van der Waals surface area contributed by atoms with E-state index in [-0.39, 0.29) is 16.7 Å². The number of likely N-dealkylation sites (tertiary alicyclic amines) is 1. The number of thiocarbonyl (C=S) groups is 1. The first-order valence-electron chi connectivity index (χ1n) is 9.30. The highest BCUT2D eigenvalue weighted by molar-refractivity contribution is 8.23. The number of nitrogens with zero attached hydrogens (tertiary/aromatic N) is 3. The molecular weight excluding hydrogens is 396 g/mol. The van der Waals surface area contributed by atoms with Gasteiger partial charge >= 0.3 is 0 Å². The highest BCUT2D eigenvalue weighted by atomic mass is 32.2. The molecule has 1 amide bonds. The van der Waals surface area contributed by atoms with Crippen LogP contribution in [0.25, 0.3) is 0 Å². The van der Waals surface area contributed by atoms with Crippen LogP contribution in [-0.2, 0) is 11.3 Å². The quantitative estimate of drug-likeness (QED) is 0.768. The SMILES string of the molecule is Cc1cc(NC(=O)[C@@H](C)SC(=S)N2C[C@@H]3C[C@@H](C2)c2cccc(=O)n2C3)no1. The summed E-state index contributed by atoms with van der Waals surface area (Å²) in [6.07, 6.45) is 1.08. The van der Waals surface area contributed by atoms with Gasteiger partial charge in [0, 0.05) is 43.4 Å². The summed E-state index contributed by atoms with van der Waals surface area (Å²) >= 11 is 7.03. The fourth-order valence-electron chi connectivity index (χ4n) is 3.98. The van der Waals surface area contributed by atoms with Gasteiger partial charge in [0.2, 0.25) is 5.91 Å². The first-order valence-corrected chi connectivity index (χ1v) is 10.6. The van der Waals surface area contributed by atoms with Crippen LogP contribution in [0, 0.1) is 12.8 Å². The maximum absolute atomic E-state index is 12.4. The Morgan fingerprint density at radius 3 is 2.96 bits per heavy atom. The van der Waals surface area contributed by atoms with Gasteiger partial charge in [0.05, 0.1) is 5.25 Å². The van der Waals surface area contributed by atoms with E-state index in [1.54, 1.807) is 19.1 Å². The highest BCUT2D eigenvalue weighted by Crippen LogP contribution is 2.36. The van der Waals surface area contributed by atoms with Gasteiger partial charge in [-0.25, -0.2) is 0 Å². The summed E-state index contributed by atoms with van der Waals surface area (Å²) in [5.41, 5.74) is 1.17. The number of hydrogen-bond acceptors (Lipinski definition) is 6. The van der Waals surface area contributed by atoms with Crippen LogP contribution in [0.5, 0.6) is 0 Å². The topological polar surface area (TPSA) is 80.4 Å². The zero-order valence-electron chi connectivity index (χ0n) is 15.8. The fourth-order valence-corrected chi connectivity index (χ4v) is 5.33. The Hall–Kier alpha value is -2.13. The average Bonchev–Trinajstić information content (AvgIpc) is 3.07. The van der Waals surface area contributed by atoms with E-state index in [1.807, 2.05) is 23.6 Å². The Kier molecular flexibility index (Phi) is 5.29. The number of carbonyl (C=O) groups excluding carboxylic acids is 1. The number of rotatable bonds is 3. The van der Waals surface area contributed by atoms with Crippen molar-refractivity contribution in [3.63, 3.8) is 0 Å². The molecule has 2 aliphatic rings. The molecule has 2 aromatic rings. The standard InChI is InChI=1S/C19H22N4O3S2/c1-11-6-16(21-26-11)20-18(25)12(2)28-19(27)22-8-13-7-14(10-22)15-4-3-5-17(24)23(15)9-13/h3-6,12-14H,7-10H2,1-2H3,(H,20,21,25)/t12-,13+,14+/m1/s1. The highest BCUT2D eigenvalue weighted by Gasteiger charge is 2.35. The van der Waals surface area contributed by atoms with Crippen LogP contribution >= 0.6 is 24.0 Å². The van der Waals surface area contributed by atoms with Gasteiger partial charge in [-0.1, -0.05) is 35.2 Å². The van der Waals surface area contributed by atoms with Gasteiger partial charge in [0.15, 0.2) is 5.82 Å². The number of nitrogens with one attached hydrogen (secondary N) is 1. The van der Waals surface area contributed by atoms with E-state index >= 15 is 0 Å². The molecule has 0 saturated carbocycles. The van der Waals surface area contributed by atoms with Gasteiger partial charge in [-0.05, 0) is 32.3 Å². The minimum Gasteiger partial charge on any atom is -0.360 e. The molecule has 2 bridgehead atoms. The first kappa shape index (κ1) is 19.2. The number of thioether (sulfide) groups is 1. The van der Waals surface area contributed by atoms with Crippen LogP contribution in [-0.4, -0.2) is 43.2 Å². The maximum atomic E-state index is 12.4. The number of aromatic nitrogens is 2. The van der Waals surface area contributed by atoms with E-state index < -0.39 is 0 Å². The molecule has 2 aliphatic heterocycles. The lowest BCUT2D eigenvalue weighted by Crippen LogP contribution is -2.48. The molecule has 9 heteroatoms. The maximum Gasteiger partial charge on any atom is 0.250 e. The van der Waals surface area contributed by atoms with E-state index in [1.165, 1.54) is 11.8 Å². The van der Waals surface area contributed by atoms with Crippen molar-refractivity contribution in [2.24, 2.45) is 5.92 Å². The fraction of sp³-hybridized carbons (Fsp3) is 0.474. The van der Waals surface area contributed by atoms with E-state index in [4.69, 9.17) is 16.7 Å². The number of fused-ring (bicyclic) bond motifs is 4. The normalized spacial score (nSPS) is 21.7. The molecule has 2 aromatic heterocycles. The third-order valence-electron chi connectivity index (χ3n) is 5.26. The molecule has 0 aliphatic carbocycles. The number of pyridine rings is 1. The average molecular weight is 419 g/mol. The molecule has 1 fully saturated rings. The molecule has 0 spiro atoms. The van der Waals surface area contributed by atoms with Gasteiger partial charge in [-0.3, -0.25) is 9.59 Å². The number of piperidine rings is 1. The smallest absolute Gasteiger partial charge is 0.250 e. The van der Waals surface area contributed by atoms with Crippen LogP contribution in [0.15, 0.2) is 33.6 Å². The monoisotopic (exact) mass is 418 g/mol. The number of hydrogen-bond donors (Lipinski definition) is 1. The number of amides is 1. The van der Waals surface area contributed by atoms with Gasteiger partial charge in [-0.2, -0.15) is 0 Å². The molecule has 7 nitrogen and oxygen atoms in total. The van der Waals surface area contributed by atoms with Crippen molar-refractivity contribution in [2.45, 2.75) is 38.0 Å². The Balaban J connectivity index is 1.39. The summed E-state index contributed by atoms with van der Waals surface area (Å²) in [5.74, 6) is 1.59. The summed E-state index contributed by atoms with van der Waals surface area (Å²) in [6, 6.07) is 7.18. The lowest BCUT2D eigenvalue weighted by molar-refractivity contribution is -0.115. The van der Waals surface area contributed by atoms with Crippen LogP contribution in [0.3, 0.4) is 0 Å². The molecule has 4 rings (SSSR count). The van der Waals surface area contributed by atoms with Crippen molar-refractivity contribution in [3.8, 4) is 0 Å². The van der Waals surface area contributed by atoms with E-state index in [2.05, 4.69) is 15.4 Å². The summed E-state index contributed by atoms with van der Waals surface area (Å²) in [6.45, 7) is 5.94. The largest absolute Gasteiger partial charge is 0.360 e. The predicted molar refractivity (Wildman–Crippen MR) is 113 cm³/mol. The van der Waals surface area contributed by atoms with Gasteiger partial charge < -0.3 is 19.3 Å². The Morgan fingerprint density at radius 1 is 1.39 bits per heavy atom. The number of aryl methyl sites for hydroxylation is 1. The molecule has 4 heterocycles. The van der Waals surface area contributed by atoms with Crippen LogP contribution in [0.2, 0.25) is 0 Å². The summed E-state index contributed by atoms with van der Waals surface area (Å²) in [7, 11) is 0. The minimum atomic E-state index is -0.346. The van der Waals surface area contributed by atoms with Crippen molar-refractivity contribution in [3.05, 3.63) is 46.1 Å². The van der Waals surface area contributed by atoms with Crippen molar-refractivity contribution in [1.82, 2.24) is 14.6 Å². The number of anilines is 1. The minimum absolute atomic E-state index is 0.0750. The Morgan fingerprint density at radius 2 is 2.21 bits per heavy atom. The molecule has 0 aromatic carbocycles. The Labute approximate surface area is 172 Å². The van der Waals surface area contributed by atoms with Gasteiger partial charge in [-0.15, -0.1) is 0 Å². The Bertz CT molecular complexity index is 970. The molecule has 0 unspecified atom stereocenters. The molecule has 3 atom stereocenters. The lowest BCUT2D eigenvalue weighted by Gasteiger charge is -2.43. The third-order valence-corrected chi connectivity index (χ3v) is 6.84. The van der Waals surface area contributed by atoms with Crippen molar-refractivity contribution < 1.29 is 9.32 Å². The summed E-state index contributed by atoms with van der Waals surface area (Å²) in [5, 5.41) is 6.19. The summed E-state index contributed by atoms with van der Waals surface area (Å²) < 4.78 is 7.60.